The third kappa shape index (κ3) is 3.42. The van der Waals surface area contributed by atoms with Gasteiger partial charge < -0.3 is 4.57 Å². The average molecular weight is 556 g/mol. The van der Waals surface area contributed by atoms with E-state index in [9.17, 15) is 0 Å². The molecule has 0 aliphatic heterocycles. The van der Waals surface area contributed by atoms with Crippen molar-refractivity contribution in [1.29, 1.82) is 0 Å². The number of benzene rings is 5. The van der Waals surface area contributed by atoms with Gasteiger partial charge in [0.2, 0.25) is 0 Å². The molecular weight excluding hydrogens is 534 g/mol. The molecule has 9 aromatic rings. The summed E-state index contributed by atoms with van der Waals surface area (Å²) < 4.78 is 4.68. The summed E-state index contributed by atoms with van der Waals surface area (Å²) in [4.78, 5) is 18.9. The summed E-state index contributed by atoms with van der Waals surface area (Å²) >= 11 is 1.75. The standard InChI is InChI=1S/C36H21N5S/c1-2-8-22(9-3-1)32-27-11-4-6-12-29(27)39-36(40-32)23-14-16-24(17-15-23)41-30-13-7-5-10-25(30)26-18-19-28-33-31(20-37-21-38-33)42-35(28)34(26)41/h1-21H. The van der Waals surface area contributed by atoms with E-state index >= 15 is 0 Å². The van der Waals surface area contributed by atoms with Crippen molar-refractivity contribution in [3.05, 3.63) is 128 Å². The Morgan fingerprint density at radius 2 is 1.36 bits per heavy atom. The third-order valence-electron chi connectivity index (χ3n) is 7.97. The lowest BCUT2D eigenvalue weighted by atomic mass is 10.1. The zero-order chi connectivity index (χ0) is 27.6. The molecular formula is C36H21N5S. The maximum Gasteiger partial charge on any atom is 0.160 e. The zero-order valence-electron chi connectivity index (χ0n) is 22.3. The molecule has 0 bridgehead atoms. The maximum absolute atomic E-state index is 5.07. The van der Waals surface area contributed by atoms with Gasteiger partial charge in [0.05, 0.1) is 37.2 Å². The Bertz CT molecular complexity index is 2460. The minimum Gasteiger partial charge on any atom is -0.308 e. The minimum atomic E-state index is 0.715. The van der Waals surface area contributed by atoms with Crippen molar-refractivity contribution < 1.29 is 0 Å². The van der Waals surface area contributed by atoms with Crippen molar-refractivity contribution in [2.24, 2.45) is 0 Å². The molecule has 4 aromatic heterocycles. The highest BCUT2D eigenvalue weighted by Crippen LogP contribution is 2.42. The molecule has 0 aliphatic rings. The highest BCUT2D eigenvalue weighted by atomic mass is 32.1. The number of nitrogens with zero attached hydrogens (tertiary/aromatic N) is 5. The van der Waals surface area contributed by atoms with Gasteiger partial charge in [0.15, 0.2) is 5.82 Å². The summed E-state index contributed by atoms with van der Waals surface area (Å²) in [5.41, 5.74) is 8.39. The van der Waals surface area contributed by atoms with Gasteiger partial charge >= 0.3 is 0 Å². The van der Waals surface area contributed by atoms with Gasteiger partial charge in [-0.05, 0) is 36.4 Å². The van der Waals surface area contributed by atoms with E-state index < -0.39 is 0 Å². The van der Waals surface area contributed by atoms with E-state index in [0.717, 1.165) is 49.0 Å². The molecule has 5 nitrogen and oxygen atoms in total. The van der Waals surface area contributed by atoms with Gasteiger partial charge in [-0.15, -0.1) is 11.3 Å². The Balaban J connectivity index is 1.26. The van der Waals surface area contributed by atoms with Gasteiger partial charge in [-0.1, -0.05) is 78.9 Å². The number of aromatic nitrogens is 5. The van der Waals surface area contributed by atoms with Crippen molar-refractivity contribution in [2.45, 2.75) is 0 Å². The van der Waals surface area contributed by atoms with Crippen LogP contribution < -0.4 is 0 Å². The summed E-state index contributed by atoms with van der Waals surface area (Å²) in [5, 5.41) is 4.66. The lowest BCUT2D eigenvalue weighted by Gasteiger charge is -2.11. The van der Waals surface area contributed by atoms with Gasteiger partial charge in [0.25, 0.3) is 0 Å². The van der Waals surface area contributed by atoms with Gasteiger partial charge in [0.1, 0.15) is 6.33 Å². The van der Waals surface area contributed by atoms with Gasteiger partial charge in [0, 0.05) is 44.6 Å². The van der Waals surface area contributed by atoms with Crippen LogP contribution in [0, 0.1) is 0 Å². The molecule has 0 N–H and O–H groups in total. The fourth-order valence-electron chi connectivity index (χ4n) is 6.07. The van der Waals surface area contributed by atoms with Crippen LogP contribution in [0.3, 0.4) is 0 Å². The van der Waals surface area contributed by atoms with Crippen LogP contribution in [0.4, 0.5) is 0 Å². The van der Waals surface area contributed by atoms with Crippen molar-refractivity contribution in [1.82, 2.24) is 24.5 Å². The Labute approximate surface area is 244 Å². The molecule has 0 saturated heterocycles. The Kier molecular flexibility index (Phi) is 5.00. The van der Waals surface area contributed by atoms with E-state index in [2.05, 4.69) is 99.5 Å². The highest BCUT2D eigenvalue weighted by Gasteiger charge is 2.18. The van der Waals surface area contributed by atoms with E-state index in [1.165, 1.54) is 26.5 Å². The molecule has 0 atom stereocenters. The topological polar surface area (TPSA) is 56.5 Å². The van der Waals surface area contributed by atoms with Crippen molar-refractivity contribution in [2.75, 3.05) is 0 Å². The second-order valence-corrected chi connectivity index (χ2v) is 11.4. The molecule has 0 aliphatic carbocycles. The number of rotatable bonds is 3. The summed E-state index contributed by atoms with van der Waals surface area (Å²) in [6, 6.07) is 40.2. The zero-order valence-corrected chi connectivity index (χ0v) is 23.1. The van der Waals surface area contributed by atoms with Crippen molar-refractivity contribution >= 4 is 64.3 Å². The molecule has 0 fully saturated rings. The fourth-order valence-corrected chi connectivity index (χ4v) is 7.24. The van der Waals surface area contributed by atoms with Crippen LogP contribution in [0.15, 0.2) is 128 Å². The van der Waals surface area contributed by atoms with Crippen molar-refractivity contribution in [3.63, 3.8) is 0 Å². The highest BCUT2D eigenvalue weighted by molar-refractivity contribution is 7.26. The molecule has 5 aromatic carbocycles. The van der Waals surface area contributed by atoms with Crippen LogP contribution in [0.1, 0.15) is 0 Å². The van der Waals surface area contributed by atoms with Gasteiger partial charge in [-0.2, -0.15) is 0 Å². The van der Waals surface area contributed by atoms with E-state index in [0.29, 0.717) is 5.82 Å². The van der Waals surface area contributed by atoms with E-state index in [1.54, 1.807) is 17.7 Å². The number of hydrogen-bond acceptors (Lipinski definition) is 5. The molecule has 0 unspecified atom stereocenters. The van der Waals surface area contributed by atoms with Crippen LogP contribution in [-0.4, -0.2) is 24.5 Å². The van der Waals surface area contributed by atoms with Crippen LogP contribution in [0.2, 0.25) is 0 Å². The van der Waals surface area contributed by atoms with E-state index in [4.69, 9.17) is 9.97 Å². The Morgan fingerprint density at radius 3 is 2.24 bits per heavy atom. The molecule has 0 amide bonds. The summed E-state index contributed by atoms with van der Waals surface area (Å²) in [5.74, 6) is 0.715. The lowest BCUT2D eigenvalue weighted by molar-refractivity contribution is 1.18. The molecule has 0 radical (unpaired) electrons. The molecule has 4 heterocycles. The Hall–Kier alpha value is -5.46. The summed E-state index contributed by atoms with van der Waals surface area (Å²) in [7, 11) is 0. The van der Waals surface area contributed by atoms with E-state index in [1.807, 2.05) is 36.5 Å². The quantitative estimate of drug-likeness (QED) is 0.218. The van der Waals surface area contributed by atoms with Crippen LogP contribution in [-0.2, 0) is 0 Å². The Morgan fingerprint density at radius 1 is 0.595 bits per heavy atom. The smallest absolute Gasteiger partial charge is 0.160 e. The molecule has 6 heteroatoms. The van der Waals surface area contributed by atoms with Crippen LogP contribution >= 0.6 is 11.3 Å². The second kappa shape index (κ2) is 9.03. The molecule has 0 spiro atoms. The van der Waals surface area contributed by atoms with E-state index in [-0.39, 0.29) is 0 Å². The first kappa shape index (κ1) is 23.3. The fraction of sp³-hybridized carbons (Fsp3) is 0. The number of fused-ring (bicyclic) bond motifs is 8. The first-order valence-corrected chi connectivity index (χ1v) is 14.6. The second-order valence-electron chi connectivity index (χ2n) is 10.4. The lowest BCUT2D eigenvalue weighted by Crippen LogP contribution is -1.97. The molecule has 42 heavy (non-hydrogen) atoms. The summed E-state index contributed by atoms with van der Waals surface area (Å²) in [6.45, 7) is 0. The minimum absolute atomic E-state index is 0.715. The largest absolute Gasteiger partial charge is 0.308 e. The number of thiophene rings is 1. The SMILES string of the molecule is c1ccc(-c2nc(-c3ccc(-n4c5ccccc5c5ccc6c7ncncc7sc6c54)cc3)nc3ccccc23)cc1. The molecule has 0 saturated carbocycles. The number of para-hydroxylation sites is 2. The van der Waals surface area contributed by atoms with Gasteiger partial charge in [-0.25, -0.2) is 19.9 Å². The molecule has 196 valence electrons. The maximum atomic E-state index is 5.07. The predicted molar refractivity (Wildman–Crippen MR) is 173 cm³/mol. The molecule has 9 rings (SSSR count). The first-order chi connectivity index (χ1) is 20.8. The van der Waals surface area contributed by atoms with Crippen LogP contribution in [0.5, 0.6) is 0 Å². The van der Waals surface area contributed by atoms with Gasteiger partial charge in [-0.3, -0.25) is 0 Å². The third-order valence-corrected chi connectivity index (χ3v) is 9.11. The predicted octanol–water partition coefficient (Wildman–Crippen LogP) is 9.22. The average Bonchev–Trinajstić information content (AvgIpc) is 3.61. The summed E-state index contributed by atoms with van der Waals surface area (Å²) in [6.07, 6.45) is 3.54. The normalized spacial score (nSPS) is 11.8. The van der Waals surface area contributed by atoms with Crippen molar-refractivity contribution in [3.8, 4) is 28.3 Å². The van der Waals surface area contributed by atoms with Crippen LogP contribution in [0.25, 0.3) is 81.3 Å². The monoisotopic (exact) mass is 555 g/mol. The first-order valence-electron chi connectivity index (χ1n) is 13.8. The number of hydrogen-bond donors (Lipinski definition) is 0.